The zero-order chi connectivity index (χ0) is 24.2. The summed E-state index contributed by atoms with van der Waals surface area (Å²) in [4.78, 5) is 30.4. The molecule has 1 amide bonds. The second kappa shape index (κ2) is 10.3. The Morgan fingerprint density at radius 3 is 2.53 bits per heavy atom. The minimum Gasteiger partial charge on any atom is -0.322 e. The van der Waals surface area contributed by atoms with Gasteiger partial charge in [-0.1, -0.05) is 37.1 Å². The van der Waals surface area contributed by atoms with Crippen molar-refractivity contribution in [2.45, 2.75) is 59.3 Å². The Morgan fingerprint density at radius 1 is 1.03 bits per heavy atom. The molecule has 0 spiro atoms. The lowest BCUT2D eigenvalue weighted by atomic mass is 9.96. The van der Waals surface area contributed by atoms with Crippen LogP contribution < -0.4 is 5.32 Å². The summed E-state index contributed by atoms with van der Waals surface area (Å²) >= 11 is 1.57. The summed E-state index contributed by atoms with van der Waals surface area (Å²) in [7, 11) is 0. The van der Waals surface area contributed by atoms with Crippen molar-refractivity contribution in [1.29, 1.82) is 0 Å². The fraction of sp³-hybridized carbons (Fsp3) is 0.333. The first-order valence-electron chi connectivity index (χ1n) is 11.7. The van der Waals surface area contributed by atoms with Crippen LogP contribution >= 0.6 is 11.3 Å². The third-order valence-electron chi connectivity index (χ3n) is 6.28. The number of carbonyl (C=O) groups excluding carboxylic acids is 1. The van der Waals surface area contributed by atoms with Crippen LogP contribution in [-0.2, 0) is 12.8 Å². The van der Waals surface area contributed by atoms with E-state index in [2.05, 4.69) is 10.3 Å². The van der Waals surface area contributed by atoms with E-state index >= 15 is 0 Å². The molecule has 7 heteroatoms. The molecule has 0 aliphatic heterocycles. The van der Waals surface area contributed by atoms with Gasteiger partial charge in [0.15, 0.2) is 0 Å². The molecule has 0 radical (unpaired) electrons. The van der Waals surface area contributed by atoms with Crippen molar-refractivity contribution in [3.8, 4) is 0 Å². The summed E-state index contributed by atoms with van der Waals surface area (Å²) in [5.74, 6) is -0.145. The van der Waals surface area contributed by atoms with Gasteiger partial charge in [-0.2, -0.15) is 0 Å². The maximum atomic E-state index is 13.6. The largest absolute Gasteiger partial charge is 0.322 e. The fourth-order valence-electron chi connectivity index (χ4n) is 4.32. The van der Waals surface area contributed by atoms with Crippen LogP contribution in [0.15, 0.2) is 41.4 Å². The molecule has 1 aliphatic carbocycles. The maximum Gasteiger partial charge on any atom is 0.272 e. The molecule has 0 fully saturated rings. The zero-order valence-corrected chi connectivity index (χ0v) is 20.6. The average Bonchev–Trinajstić information content (AvgIpc) is 3.11. The Morgan fingerprint density at radius 2 is 1.76 bits per heavy atom. The lowest BCUT2D eigenvalue weighted by Gasteiger charge is -2.13. The second-order valence-electron chi connectivity index (χ2n) is 8.93. The van der Waals surface area contributed by atoms with Crippen molar-refractivity contribution < 1.29 is 9.72 Å². The van der Waals surface area contributed by atoms with Crippen LogP contribution in [0.2, 0.25) is 0 Å². The summed E-state index contributed by atoms with van der Waals surface area (Å²) in [6.07, 6.45) is 7.98. The minimum atomic E-state index is -0.382. The molecule has 0 unspecified atom stereocenters. The van der Waals surface area contributed by atoms with Crippen molar-refractivity contribution in [2.75, 3.05) is 5.32 Å². The molecule has 0 saturated carbocycles. The lowest BCUT2D eigenvalue weighted by molar-refractivity contribution is -0.385. The molecule has 1 heterocycles. The molecular formula is C27H29N3O3S. The second-order valence-corrected chi connectivity index (χ2v) is 10.0. The summed E-state index contributed by atoms with van der Waals surface area (Å²) < 4.78 is 0. The van der Waals surface area contributed by atoms with E-state index in [9.17, 15) is 14.9 Å². The topological polar surface area (TPSA) is 84.6 Å². The van der Waals surface area contributed by atoms with Crippen LogP contribution in [-0.4, -0.2) is 17.0 Å². The Labute approximate surface area is 203 Å². The first kappa shape index (κ1) is 23.8. The number of hydrogen-bond acceptors (Lipinski definition) is 5. The number of nitro benzene ring substituents is 1. The number of hydrogen-bond donors (Lipinski definition) is 1. The SMILES string of the molecule is Cc1ccc(C)c(NC(=O)c2c(N=Cc3ccc(C)c([N+](=O)[O-])c3)sc3c2CCCCCC3)c1. The van der Waals surface area contributed by atoms with Gasteiger partial charge in [0.2, 0.25) is 0 Å². The number of fused-ring (bicyclic) bond motifs is 1. The van der Waals surface area contributed by atoms with Gasteiger partial charge in [-0.3, -0.25) is 14.9 Å². The van der Waals surface area contributed by atoms with Gasteiger partial charge in [-0.15, -0.1) is 11.3 Å². The van der Waals surface area contributed by atoms with Crippen LogP contribution in [0.4, 0.5) is 16.4 Å². The van der Waals surface area contributed by atoms with Gasteiger partial charge in [0.1, 0.15) is 5.00 Å². The predicted molar refractivity (Wildman–Crippen MR) is 139 cm³/mol. The third-order valence-corrected chi connectivity index (χ3v) is 7.48. The highest BCUT2D eigenvalue weighted by Crippen LogP contribution is 2.39. The first-order chi connectivity index (χ1) is 16.3. The van der Waals surface area contributed by atoms with Gasteiger partial charge in [0.25, 0.3) is 11.6 Å². The maximum absolute atomic E-state index is 13.6. The van der Waals surface area contributed by atoms with E-state index in [4.69, 9.17) is 0 Å². The minimum absolute atomic E-state index is 0.0651. The number of rotatable bonds is 5. The number of anilines is 1. The average molecular weight is 476 g/mol. The number of amides is 1. The number of nitrogens with one attached hydrogen (secondary N) is 1. The molecule has 0 bridgehead atoms. The highest BCUT2D eigenvalue weighted by molar-refractivity contribution is 7.16. The fourth-order valence-corrected chi connectivity index (χ4v) is 5.55. The first-order valence-corrected chi connectivity index (χ1v) is 12.5. The molecule has 4 rings (SSSR count). The van der Waals surface area contributed by atoms with E-state index in [0.29, 0.717) is 21.7 Å². The monoisotopic (exact) mass is 475 g/mol. The molecule has 0 atom stereocenters. The summed E-state index contributed by atoms with van der Waals surface area (Å²) in [5, 5.41) is 15.1. The van der Waals surface area contributed by atoms with Crippen LogP contribution in [0.3, 0.4) is 0 Å². The number of benzene rings is 2. The quantitative estimate of drug-likeness (QED) is 0.240. The van der Waals surface area contributed by atoms with Crippen molar-refractivity contribution in [1.82, 2.24) is 0 Å². The van der Waals surface area contributed by atoms with E-state index in [0.717, 1.165) is 48.1 Å². The normalized spacial score (nSPS) is 13.9. The van der Waals surface area contributed by atoms with Crippen molar-refractivity contribution in [2.24, 2.45) is 4.99 Å². The molecule has 6 nitrogen and oxygen atoms in total. The molecule has 1 N–H and O–H groups in total. The summed E-state index contributed by atoms with van der Waals surface area (Å²) in [6, 6.07) is 11.1. The third kappa shape index (κ3) is 5.25. The van der Waals surface area contributed by atoms with Crippen molar-refractivity contribution >= 4 is 39.8 Å². The van der Waals surface area contributed by atoms with Gasteiger partial charge in [0, 0.05) is 28.4 Å². The molecule has 3 aromatic rings. The van der Waals surface area contributed by atoms with Gasteiger partial charge >= 0.3 is 0 Å². The highest BCUT2D eigenvalue weighted by Gasteiger charge is 2.24. The standard InChI is InChI=1S/C27H29N3O3S/c1-17-10-11-18(2)22(14-17)29-26(31)25-21-8-6-4-5-7-9-24(21)34-27(25)28-16-20-13-12-19(3)23(15-20)30(32)33/h10-16H,4-9H2,1-3H3,(H,29,31). The van der Waals surface area contributed by atoms with Crippen LogP contribution in [0.25, 0.3) is 0 Å². The zero-order valence-electron chi connectivity index (χ0n) is 19.8. The predicted octanol–water partition coefficient (Wildman–Crippen LogP) is 7.24. The molecule has 176 valence electrons. The number of aryl methyl sites for hydroxylation is 4. The molecule has 1 aliphatic rings. The van der Waals surface area contributed by atoms with E-state index in [-0.39, 0.29) is 16.5 Å². The summed E-state index contributed by atoms with van der Waals surface area (Å²) in [6.45, 7) is 5.70. The molecule has 1 aromatic heterocycles. The Kier molecular flexibility index (Phi) is 7.22. The highest BCUT2D eigenvalue weighted by atomic mass is 32.1. The Bertz CT molecular complexity index is 1280. The van der Waals surface area contributed by atoms with Gasteiger partial charge in [-0.05, 0) is 74.8 Å². The van der Waals surface area contributed by atoms with Gasteiger partial charge < -0.3 is 5.32 Å². The number of aliphatic imine (C=N–C) groups is 1. The van der Waals surface area contributed by atoms with Crippen molar-refractivity contribution in [3.63, 3.8) is 0 Å². The van der Waals surface area contributed by atoms with E-state index in [1.165, 1.54) is 23.8 Å². The summed E-state index contributed by atoms with van der Waals surface area (Å²) in [5.41, 5.74) is 5.95. The van der Waals surface area contributed by atoms with Gasteiger partial charge in [0.05, 0.1) is 10.5 Å². The van der Waals surface area contributed by atoms with Crippen LogP contribution in [0, 0.1) is 30.9 Å². The lowest BCUT2D eigenvalue weighted by Crippen LogP contribution is -2.15. The van der Waals surface area contributed by atoms with Crippen molar-refractivity contribution in [3.05, 3.63) is 84.8 Å². The number of carbonyl (C=O) groups is 1. The number of nitrogens with zero attached hydrogens (tertiary/aromatic N) is 2. The number of nitro groups is 1. The molecular weight excluding hydrogens is 446 g/mol. The van der Waals surface area contributed by atoms with Gasteiger partial charge in [-0.25, -0.2) is 4.99 Å². The smallest absolute Gasteiger partial charge is 0.272 e. The van der Waals surface area contributed by atoms with Crippen LogP contribution in [0.1, 0.15) is 68.7 Å². The Hall–Kier alpha value is -3.32. The van der Waals surface area contributed by atoms with E-state index in [1.807, 2.05) is 38.1 Å². The molecule has 34 heavy (non-hydrogen) atoms. The Balaban J connectivity index is 1.73. The number of thiophene rings is 1. The van der Waals surface area contributed by atoms with E-state index < -0.39 is 0 Å². The molecule has 2 aromatic carbocycles. The van der Waals surface area contributed by atoms with Crippen LogP contribution in [0.5, 0.6) is 0 Å². The molecule has 0 saturated heterocycles. The van der Waals surface area contributed by atoms with E-state index in [1.54, 1.807) is 30.5 Å².